The van der Waals surface area contributed by atoms with Crippen LogP contribution in [0.4, 0.5) is 11.5 Å². The predicted octanol–water partition coefficient (Wildman–Crippen LogP) is 4.05. The molecule has 6 nitrogen and oxygen atoms in total. The van der Waals surface area contributed by atoms with E-state index in [1.54, 1.807) is 43.5 Å². The molecule has 0 unspecified atom stereocenters. The Morgan fingerprint density at radius 2 is 1.93 bits per heavy atom. The van der Waals surface area contributed by atoms with Crippen LogP contribution in [0.5, 0.6) is 5.75 Å². The van der Waals surface area contributed by atoms with Crippen molar-refractivity contribution in [3.05, 3.63) is 76.9 Å². The number of amides is 1. The first-order chi connectivity index (χ1) is 13.1. The molecule has 0 bridgehead atoms. The minimum atomic E-state index is -0.340. The summed E-state index contributed by atoms with van der Waals surface area (Å²) in [6.45, 7) is 0.690. The summed E-state index contributed by atoms with van der Waals surface area (Å²) >= 11 is 5.91. The molecule has 3 rings (SSSR count). The van der Waals surface area contributed by atoms with Crippen molar-refractivity contribution in [2.45, 2.75) is 6.42 Å². The Labute approximate surface area is 162 Å². The number of halogens is 1. The largest absolute Gasteiger partial charge is 0.497 e. The van der Waals surface area contributed by atoms with Gasteiger partial charge in [0.25, 0.3) is 5.91 Å². The highest BCUT2D eigenvalue weighted by atomic mass is 35.5. The van der Waals surface area contributed by atoms with E-state index in [1.807, 2.05) is 24.3 Å². The van der Waals surface area contributed by atoms with Crippen LogP contribution in [0.25, 0.3) is 0 Å². The zero-order chi connectivity index (χ0) is 19.1. The summed E-state index contributed by atoms with van der Waals surface area (Å²) in [5.41, 5.74) is 2.00. The van der Waals surface area contributed by atoms with E-state index in [1.165, 1.54) is 0 Å². The normalized spacial score (nSPS) is 10.3. The van der Waals surface area contributed by atoms with Crippen molar-refractivity contribution in [1.29, 1.82) is 0 Å². The molecule has 0 spiro atoms. The summed E-state index contributed by atoms with van der Waals surface area (Å²) < 4.78 is 5.22. The van der Waals surface area contributed by atoms with Crippen molar-refractivity contribution in [2.75, 3.05) is 24.3 Å². The highest BCUT2D eigenvalue weighted by Crippen LogP contribution is 2.16. The third-order valence-corrected chi connectivity index (χ3v) is 4.07. The monoisotopic (exact) mass is 382 g/mol. The number of rotatable bonds is 7. The molecule has 1 heterocycles. The zero-order valence-electron chi connectivity index (χ0n) is 14.8. The standard InChI is InChI=1S/C20H19ClN4O2/c1-27-17-7-2-4-14(12-17)10-11-22-19-9-8-18(24-25-19)20(26)23-16-6-3-5-15(21)13-16/h2-9,12-13H,10-11H2,1H3,(H,22,25)(H,23,26). The Kier molecular flexibility index (Phi) is 6.22. The molecule has 0 radical (unpaired) electrons. The Hall–Kier alpha value is -3.12. The fourth-order valence-electron chi connectivity index (χ4n) is 2.47. The maximum atomic E-state index is 12.2. The number of ether oxygens (including phenoxy) is 1. The molecule has 0 aliphatic heterocycles. The smallest absolute Gasteiger partial charge is 0.276 e. The molecule has 0 fully saturated rings. The minimum Gasteiger partial charge on any atom is -0.497 e. The number of aromatic nitrogens is 2. The summed E-state index contributed by atoms with van der Waals surface area (Å²) in [6, 6.07) is 18.2. The fourth-order valence-corrected chi connectivity index (χ4v) is 2.66. The van der Waals surface area contributed by atoms with Gasteiger partial charge in [-0.25, -0.2) is 0 Å². The van der Waals surface area contributed by atoms with Gasteiger partial charge in [0, 0.05) is 17.3 Å². The molecule has 0 atom stereocenters. The molecule has 0 aliphatic rings. The van der Waals surface area contributed by atoms with E-state index in [4.69, 9.17) is 16.3 Å². The van der Waals surface area contributed by atoms with Crippen molar-refractivity contribution in [2.24, 2.45) is 0 Å². The summed E-state index contributed by atoms with van der Waals surface area (Å²) in [5.74, 6) is 1.10. The second-order valence-electron chi connectivity index (χ2n) is 5.80. The maximum absolute atomic E-state index is 12.2. The van der Waals surface area contributed by atoms with E-state index in [9.17, 15) is 4.79 Å². The lowest BCUT2D eigenvalue weighted by molar-refractivity contribution is 0.102. The van der Waals surface area contributed by atoms with Crippen molar-refractivity contribution in [3.8, 4) is 5.75 Å². The molecule has 2 N–H and O–H groups in total. The zero-order valence-corrected chi connectivity index (χ0v) is 15.5. The number of carbonyl (C=O) groups excluding carboxylic acids is 1. The van der Waals surface area contributed by atoms with Crippen LogP contribution in [0, 0.1) is 0 Å². The van der Waals surface area contributed by atoms with Crippen molar-refractivity contribution < 1.29 is 9.53 Å². The Bertz CT molecular complexity index is 916. The Morgan fingerprint density at radius 3 is 2.67 bits per heavy atom. The van der Waals surface area contributed by atoms with Crippen LogP contribution < -0.4 is 15.4 Å². The quantitative estimate of drug-likeness (QED) is 0.644. The third kappa shape index (κ3) is 5.43. The van der Waals surface area contributed by atoms with Gasteiger partial charge in [0.05, 0.1) is 7.11 Å². The first-order valence-electron chi connectivity index (χ1n) is 8.41. The van der Waals surface area contributed by atoms with Gasteiger partial charge in [-0.05, 0) is 54.4 Å². The van der Waals surface area contributed by atoms with Gasteiger partial charge in [-0.2, -0.15) is 0 Å². The van der Waals surface area contributed by atoms with Gasteiger partial charge in [-0.15, -0.1) is 10.2 Å². The van der Waals surface area contributed by atoms with Gasteiger partial charge in [0.15, 0.2) is 5.69 Å². The van der Waals surface area contributed by atoms with Gasteiger partial charge < -0.3 is 15.4 Å². The van der Waals surface area contributed by atoms with Crippen molar-refractivity contribution in [3.63, 3.8) is 0 Å². The van der Waals surface area contributed by atoms with E-state index >= 15 is 0 Å². The summed E-state index contributed by atoms with van der Waals surface area (Å²) in [6.07, 6.45) is 0.815. The molecule has 0 saturated heterocycles. The lowest BCUT2D eigenvalue weighted by atomic mass is 10.1. The van der Waals surface area contributed by atoms with Gasteiger partial charge in [-0.3, -0.25) is 4.79 Å². The van der Waals surface area contributed by atoms with Crippen LogP contribution in [0.3, 0.4) is 0 Å². The molecule has 0 saturated carbocycles. The van der Waals surface area contributed by atoms with E-state index < -0.39 is 0 Å². The number of anilines is 2. The SMILES string of the molecule is COc1cccc(CCNc2ccc(C(=O)Nc3cccc(Cl)c3)nn2)c1. The lowest BCUT2D eigenvalue weighted by Crippen LogP contribution is -2.15. The second-order valence-corrected chi connectivity index (χ2v) is 6.23. The van der Waals surface area contributed by atoms with E-state index in [0.29, 0.717) is 23.1 Å². The summed E-state index contributed by atoms with van der Waals surface area (Å²) in [5, 5.41) is 14.5. The first-order valence-corrected chi connectivity index (χ1v) is 8.79. The number of nitrogens with zero attached hydrogens (tertiary/aromatic N) is 2. The van der Waals surface area contributed by atoms with Crippen LogP contribution in [0.1, 0.15) is 16.1 Å². The molecule has 1 aromatic heterocycles. The summed E-state index contributed by atoms with van der Waals surface area (Å²) in [4.78, 5) is 12.2. The number of hydrogen-bond donors (Lipinski definition) is 2. The van der Waals surface area contributed by atoms with E-state index in [2.05, 4.69) is 20.8 Å². The lowest BCUT2D eigenvalue weighted by Gasteiger charge is -2.08. The molecule has 2 aromatic carbocycles. The van der Waals surface area contributed by atoms with E-state index in [-0.39, 0.29) is 11.6 Å². The topological polar surface area (TPSA) is 76.1 Å². The van der Waals surface area contributed by atoms with Crippen LogP contribution in [0.2, 0.25) is 5.02 Å². The van der Waals surface area contributed by atoms with Gasteiger partial charge in [-0.1, -0.05) is 29.8 Å². The molecule has 138 valence electrons. The van der Waals surface area contributed by atoms with Crippen molar-refractivity contribution >= 4 is 29.0 Å². The minimum absolute atomic E-state index is 0.230. The Morgan fingerprint density at radius 1 is 1.07 bits per heavy atom. The van der Waals surface area contributed by atoms with Crippen LogP contribution in [-0.4, -0.2) is 29.8 Å². The van der Waals surface area contributed by atoms with Crippen LogP contribution in [0.15, 0.2) is 60.7 Å². The number of nitrogens with one attached hydrogen (secondary N) is 2. The number of methoxy groups -OCH3 is 1. The van der Waals surface area contributed by atoms with Crippen molar-refractivity contribution in [1.82, 2.24) is 10.2 Å². The predicted molar refractivity (Wildman–Crippen MR) is 107 cm³/mol. The average molecular weight is 383 g/mol. The highest BCUT2D eigenvalue weighted by Gasteiger charge is 2.09. The first kappa shape index (κ1) is 18.7. The second kappa shape index (κ2) is 9.00. The molecule has 27 heavy (non-hydrogen) atoms. The molecular formula is C20H19ClN4O2. The maximum Gasteiger partial charge on any atom is 0.276 e. The number of hydrogen-bond acceptors (Lipinski definition) is 5. The summed E-state index contributed by atoms with van der Waals surface area (Å²) in [7, 11) is 1.65. The average Bonchev–Trinajstić information content (AvgIpc) is 2.69. The molecular weight excluding hydrogens is 364 g/mol. The third-order valence-electron chi connectivity index (χ3n) is 3.83. The van der Waals surface area contributed by atoms with Gasteiger partial charge in [0.2, 0.25) is 0 Å². The van der Waals surface area contributed by atoms with E-state index in [0.717, 1.165) is 17.7 Å². The Balaban J connectivity index is 1.53. The van der Waals surface area contributed by atoms with Gasteiger partial charge in [0.1, 0.15) is 11.6 Å². The number of carbonyl (C=O) groups is 1. The highest BCUT2D eigenvalue weighted by molar-refractivity contribution is 6.30. The fraction of sp³-hybridized carbons (Fsp3) is 0.150. The molecule has 7 heteroatoms. The number of benzene rings is 2. The van der Waals surface area contributed by atoms with Crippen LogP contribution in [-0.2, 0) is 6.42 Å². The molecule has 0 aliphatic carbocycles. The molecule has 1 amide bonds. The van der Waals surface area contributed by atoms with Crippen LogP contribution >= 0.6 is 11.6 Å². The van der Waals surface area contributed by atoms with Gasteiger partial charge >= 0.3 is 0 Å². The molecule has 3 aromatic rings.